The Morgan fingerprint density at radius 1 is 1.00 bits per heavy atom. The van der Waals surface area contributed by atoms with E-state index in [1.165, 1.54) is 68.3 Å². The van der Waals surface area contributed by atoms with Crippen LogP contribution in [0.3, 0.4) is 0 Å². The molecule has 4 heteroatoms. The maximum atomic E-state index is 6.28. The molecule has 1 aromatic rings. The molecule has 0 saturated carbocycles. The molecular formula is C17H29Cl2NS. The van der Waals surface area contributed by atoms with Crippen LogP contribution in [0.1, 0.15) is 83.2 Å². The lowest BCUT2D eigenvalue weighted by Crippen LogP contribution is -2.20. The van der Waals surface area contributed by atoms with Crippen LogP contribution in [0.2, 0.25) is 8.67 Å². The third kappa shape index (κ3) is 7.88. The fourth-order valence-corrected chi connectivity index (χ4v) is 4.27. The molecule has 0 spiro atoms. The van der Waals surface area contributed by atoms with Crippen molar-refractivity contribution >= 4 is 34.5 Å². The predicted octanol–water partition coefficient (Wildman–Crippen LogP) is 7.24. The molecule has 0 amide bonds. The first-order chi connectivity index (χ1) is 10.2. The van der Waals surface area contributed by atoms with Crippen molar-refractivity contribution in [1.82, 2.24) is 5.32 Å². The van der Waals surface area contributed by atoms with Gasteiger partial charge in [-0.2, -0.15) is 0 Å². The average molecular weight is 350 g/mol. The van der Waals surface area contributed by atoms with Crippen LogP contribution in [0.25, 0.3) is 0 Å². The van der Waals surface area contributed by atoms with E-state index in [-0.39, 0.29) is 0 Å². The maximum absolute atomic E-state index is 6.28. The average Bonchev–Trinajstić information content (AvgIpc) is 2.79. The van der Waals surface area contributed by atoms with Crippen LogP contribution < -0.4 is 5.32 Å². The van der Waals surface area contributed by atoms with Gasteiger partial charge in [-0.3, -0.25) is 0 Å². The highest BCUT2D eigenvalue weighted by Crippen LogP contribution is 2.36. The van der Waals surface area contributed by atoms with Gasteiger partial charge >= 0.3 is 0 Å². The molecule has 0 fully saturated rings. The monoisotopic (exact) mass is 349 g/mol. The van der Waals surface area contributed by atoms with Crippen molar-refractivity contribution in [1.29, 1.82) is 0 Å². The van der Waals surface area contributed by atoms with Crippen molar-refractivity contribution in [2.75, 3.05) is 6.54 Å². The molecule has 0 saturated heterocycles. The van der Waals surface area contributed by atoms with Crippen LogP contribution in [-0.4, -0.2) is 6.54 Å². The van der Waals surface area contributed by atoms with E-state index in [4.69, 9.17) is 23.2 Å². The van der Waals surface area contributed by atoms with Gasteiger partial charge in [-0.1, -0.05) is 88.4 Å². The second-order valence-corrected chi connectivity index (χ2v) is 7.94. The molecule has 0 radical (unpaired) electrons. The minimum Gasteiger partial charge on any atom is -0.310 e. The van der Waals surface area contributed by atoms with Gasteiger partial charge in [-0.25, -0.2) is 0 Å². The van der Waals surface area contributed by atoms with Gasteiger partial charge in [0.2, 0.25) is 0 Å². The predicted molar refractivity (Wildman–Crippen MR) is 98.0 cm³/mol. The van der Waals surface area contributed by atoms with Crippen LogP contribution in [0.15, 0.2) is 6.07 Å². The molecule has 21 heavy (non-hydrogen) atoms. The smallest absolute Gasteiger partial charge is 0.0991 e. The summed E-state index contributed by atoms with van der Waals surface area (Å²) >= 11 is 13.8. The minimum absolute atomic E-state index is 0.353. The Hall–Kier alpha value is 0.240. The highest BCUT2D eigenvalue weighted by molar-refractivity contribution is 7.20. The van der Waals surface area contributed by atoms with Crippen LogP contribution in [0, 0.1) is 0 Å². The number of hydrogen-bond acceptors (Lipinski definition) is 2. The van der Waals surface area contributed by atoms with E-state index >= 15 is 0 Å². The summed E-state index contributed by atoms with van der Waals surface area (Å²) in [6.07, 6.45) is 12.0. The first kappa shape index (κ1) is 19.3. The first-order valence-electron chi connectivity index (χ1n) is 8.37. The molecule has 0 aliphatic rings. The van der Waals surface area contributed by atoms with E-state index in [0.717, 1.165) is 21.6 Å². The van der Waals surface area contributed by atoms with E-state index in [1.54, 1.807) is 0 Å². The Bertz CT molecular complexity index is 379. The SMILES string of the molecule is CCCCCCCCCCC(NCC)c1cc(Cl)sc1Cl. The number of unbranched alkanes of at least 4 members (excludes halogenated alkanes) is 7. The highest BCUT2D eigenvalue weighted by atomic mass is 35.5. The van der Waals surface area contributed by atoms with Crippen molar-refractivity contribution in [3.8, 4) is 0 Å². The van der Waals surface area contributed by atoms with Crippen molar-refractivity contribution in [3.05, 3.63) is 20.3 Å². The van der Waals surface area contributed by atoms with E-state index in [2.05, 4.69) is 19.2 Å². The molecule has 0 aromatic carbocycles. The largest absolute Gasteiger partial charge is 0.310 e. The lowest BCUT2D eigenvalue weighted by atomic mass is 10.0. The Kier molecular flexibility index (Phi) is 10.8. The van der Waals surface area contributed by atoms with Crippen molar-refractivity contribution in [2.45, 2.75) is 77.7 Å². The van der Waals surface area contributed by atoms with Crippen molar-refractivity contribution in [2.24, 2.45) is 0 Å². The summed E-state index contributed by atoms with van der Waals surface area (Å²) in [5.74, 6) is 0. The first-order valence-corrected chi connectivity index (χ1v) is 9.94. The molecular weight excluding hydrogens is 321 g/mol. The van der Waals surface area contributed by atoms with Crippen LogP contribution in [-0.2, 0) is 0 Å². The fraction of sp³-hybridized carbons (Fsp3) is 0.765. The minimum atomic E-state index is 0.353. The molecule has 0 aliphatic heterocycles. The number of nitrogens with one attached hydrogen (secondary N) is 1. The quantitative estimate of drug-likeness (QED) is 0.392. The molecule has 1 unspecified atom stereocenters. The molecule has 1 N–H and O–H groups in total. The summed E-state index contributed by atoms with van der Waals surface area (Å²) in [6, 6.07) is 2.37. The maximum Gasteiger partial charge on any atom is 0.0991 e. The second kappa shape index (κ2) is 11.8. The van der Waals surface area contributed by atoms with E-state index < -0.39 is 0 Å². The van der Waals surface area contributed by atoms with Gasteiger partial charge in [-0.05, 0) is 19.0 Å². The van der Waals surface area contributed by atoms with Gasteiger partial charge in [0.1, 0.15) is 0 Å². The standard InChI is InChI=1S/C17H29Cl2NS/c1-3-5-6-7-8-9-10-11-12-15(20-4-2)14-13-16(18)21-17(14)19/h13,15,20H,3-12H2,1-2H3. The summed E-state index contributed by atoms with van der Waals surface area (Å²) < 4.78 is 1.62. The van der Waals surface area contributed by atoms with Crippen LogP contribution in [0.5, 0.6) is 0 Å². The normalized spacial score (nSPS) is 12.8. The molecule has 1 aromatic heterocycles. The molecule has 1 rings (SSSR count). The van der Waals surface area contributed by atoms with Gasteiger partial charge in [-0.15, -0.1) is 11.3 Å². The van der Waals surface area contributed by atoms with Gasteiger partial charge in [0.05, 0.1) is 8.67 Å². The number of hydrogen-bond donors (Lipinski definition) is 1. The van der Waals surface area contributed by atoms with Crippen molar-refractivity contribution in [3.63, 3.8) is 0 Å². The molecule has 122 valence electrons. The topological polar surface area (TPSA) is 12.0 Å². The third-order valence-corrected chi connectivity index (χ3v) is 5.37. The second-order valence-electron chi connectivity index (χ2n) is 5.65. The fourth-order valence-electron chi connectivity index (χ4n) is 2.69. The Balaban J connectivity index is 2.24. The Labute approximate surface area is 144 Å². The zero-order valence-corrected chi connectivity index (χ0v) is 15.7. The number of halogens is 2. The third-order valence-electron chi connectivity index (χ3n) is 3.86. The summed E-state index contributed by atoms with van der Waals surface area (Å²) in [5, 5.41) is 3.54. The van der Waals surface area contributed by atoms with Gasteiger partial charge in [0, 0.05) is 11.6 Å². The van der Waals surface area contributed by atoms with Gasteiger partial charge in [0.25, 0.3) is 0 Å². The van der Waals surface area contributed by atoms with Crippen LogP contribution >= 0.6 is 34.5 Å². The van der Waals surface area contributed by atoms with E-state index in [0.29, 0.717) is 6.04 Å². The highest BCUT2D eigenvalue weighted by Gasteiger charge is 2.16. The lowest BCUT2D eigenvalue weighted by Gasteiger charge is -2.17. The van der Waals surface area contributed by atoms with Crippen molar-refractivity contribution < 1.29 is 0 Å². The zero-order chi connectivity index (χ0) is 15.5. The summed E-state index contributed by atoms with van der Waals surface area (Å²) in [6.45, 7) is 5.37. The van der Waals surface area contributed by atoms with Gasteiger partial charge in [0.15, 0.2) is 0 Å². The summed E-state index contributed by atoms with van der Waals surface area (Å²) in [5.41, 5.74) is 1.18. The molecule has 0 aliphatic carbocycles. The van der Waals surface area contributed by atoms with E-state index in [9.17, 15) is 0 Å². The van der Waals surface area contributed by atoms with Gasteiger partial charge < -0.3 is 5.32 Å². The van der Waals surface area contributed by atoms with Crippen LogP contribution in [0.4, 0.5) is 0 Å². The molecule has 1 heterocycles. The summed E-state index contributed by atoms with van der Waals surface area (Å²) in [4.78, 5) is 0. The zero-order valence-electron chi connectivity index (χ0n) is 13.4. The Morgan fingerprint density at radius 2 is 1.62 bits per heavy atom. The number of rotatable bonds is 12. The Morgan fingerprint density at radius 3 is 2.14 bits per heavy atom. The lowest BCUT2D eigenvalue weighted by molar-refractivity contribution is 0.476. The molecule has 1 atom stereocenters. The number of thiophene rings is 1. The molecule has 0 bridgehead atoms. The summed E-state index contributed by atoms with van der Waals surface area (Å²) in [7, 11) is 0. The molecule has 1 nitrogen and oxygen atoms in total. The van der Waals surface area contributed by atoms with E-state index in [1.807, 2.05) is 6.07 Å².